The van der Waals surface area contributed by atoms with Crippen molar-refractivity contribution in [2.75, 3.05) is 31.4 Å². The summed E-state index contributed by atoms with van der Waals surface area (Å²) < 4.78 is 51.4. The second kappa shape index (κ2) is 9.80. The number of nitrogens with one attached hydrogen (secondary N) is 1. The first-order valence-corrected chi connectivity index (χ1v) is 10.4. The summed E-state index contributed by atoms with van der Waals surface area (Å²) in [5.74, 6) is -0.426. The van der Waals surface area contributed by atoms with E-state index in [1.165, 1.54) is 13.2 Å². The van der Waals surface area contributed by atoms with Crippen molar-refractivity contribution in [3.05, 3.63) is 47.0 Å². The van der Waals surface area contributed by atoms with Crippen molar-refractivity contribution in [2.45, 2.75) is 11.3 Å². The van der Waals surface area contributed by atoms with Gasteiger partial charge in [0.05, 0.1) is 34.6 Å². The van der Waals surface area contributed by atoms with Gasteiger partial charge in [0.25, 0.3) is 0 Å². The number of thioether (sulfide) groups is 1. The summed E-state index contributed by atoms with van der Waals surface area (Å²) in [6.45, 7) is 0.378. The molecule has 1 aromatic heterocycles. The molecule has 0 aliphatic carbocycles. The highest BCUT2D eigenvalue weighted by atomic mass is 35.5. The maximum absolute atomic E-state index is 13.1. The SMILES string of the molecule is COCCOc1ccc(C(F)(F)F)cc1NC(=O)CSc1nc2cc(Cl)ccc2n1C. The maximum Gasteiger partial charge on any atom is 0.416 e. The lowest BCUT2D eigenvalue weighted by molar-refractivity contribution is -0.137. The number of fused-ring (bicyclic) bond motifs is 1. The van der Waals surface area contributed by atoms with Crippen LogP contribution in [0.25, 0.3) is 11.0 Å². The van der Waals surface area contributed by atoms with Gasteiger partial charge in [0.1, 0.15) is 12.4 Å². The lowest BCUT2D eigenvalue weighted by Crippen LogP contribution is -2.17. The molecule has 1 amide bonds. The Morgan fingerprint density at radius 1 is 1.23 bits per heavy atom. The molecule has 1 heterocycles. The van der Waals surface area contributed by atoms with E-state index in [1.807, 2.05) is 10.6 Å². The van der Waals surface area contributed by atoms with Gasteiger partial charge in [-0.05, 0) is 36.4 Å². The van der Waals surface area contributed by atoms with Gasteiger partial charge in [-0.15, -0.1) is 0 Å². The van der Waals surface area contributed by atoms with Gasteiger partial charge in [0, 0.05) is 19.2 Å². The van der Waals surface area contributed by atoms with Crippen molar-refractivity contribution in [2.24, 2.45) is 7.05 Å². The van der Waals surface area contributed by atoms with Crippen LogP contribution in [0.2, 0.25) is 5.02 Å². The minimum Gasteiger partial charge on any atom is -0.489 e. The van der Waals surface area contributed by atoms with E-state index >= 15 is 0 Å². The van der Waals surface area contributed by atoms with Crippen LogP contribution in [0.4, 0.5) is 18.9 Å². The smallest absolute Gasteiger partial charge is 0.416 e. The number of aromatic nitrogens is 2. The molecule has 2 aromatic carbocycles. The summed E-state index contributed by atoms with van der Waals surface area (Å²) in [6.07, 6.45) is -4.55. The summed E-state index contributed by atoms with van der Waals surface area (Å²) >= 11 is 7.14. The van der Waals surface area contributed by atoms with E-state index < -0.39 is 17.6 Å². The fourth-order valence-electron chi connectivity index (χ4n) is 2.76. The predicted molar refractivity (Wildman–Crippen MR) is 114 cm³/mol. The third kappa shape index (κ3) is 5.84. The van der Waals surface area contributed by atoms with E-state index in [2.05, 4.69) is 10.3 Å². The number of benzene rings is 2. The van der Waals surface area contributed by atoms with Crippen LogP contribution in [0.5, 0.6) is 5.75 Å². The first-order chi connectivity index (χ1) is 14.7. The third-order valence-electron chi connectivity index (χ3n) is 4.26. The first kappa shape index (κ1) is 23.2. The molecule has 0 aliphatic rings. The summed E-state index contributed by atoms with van der Waals surface area (Å²) in [7, 11) is 3.28. The lowest BCUT2D eigenvalue weighted by Gasteiger charge is -2.15. The Morgan fingerprint density at radius 3 is 2.71 bits per heavy atom. The molecule has 0 spiro atoms. The fourth-order valence-corrected chi connectivity index (χ4v) is 3.71. The van der Waals surface area contributed by atoms with Crippen LogP contribution in [0, 0.1) is 0 Å². The number of nitrogens with zero attached hydrogens (tertiary/aromatic N) is 2. The third-order valence-corrected chi connectivity index (χ3v) is 5.53. The number of carbonyl (C=O) groups is 1. The highest BCUT2D eigenvalue weighted by Crippen LogP contribution is 2.35. The van der Waals surface area contributed by atoms with Crippen LogP contribution in [0.3, 0.4) is 0 Å². The minimum absolute atomic E-state index is 0.0569. The first-order valence-electron chi connectivity index (χ1n) is 9.06. The Hall–Kier alpha value is -2.43. The van der Waals surface area contributed by atoms with Crippen molar-refractivity contribution in [1.82, 2.24) is 9.55 Å². The molecule has 3 aromatic rings. The standard InChI is InChI=1S/C20H19ClF3N3O3S/c1-27-16-5-4-13(21)10-14(16)26-19(27)31-11-18(28)25-15-9-12(20(22,23)24)3-6-17(15)30-8-7-29-2/h3-6,9-10H,7-8,11H2,1-2H3,(H,25,28). The van der Waals surface area contributed by atoms with E-state index in [4.69, 9.17) is 21.1 Å². The number of carbonyl (C=O) groups excluding carboxylic acids is 1. The number of imidazole rings is 1. The Morgan fingerprint density at radius 2 is 2.00 bits per heavy atom. The predicted octanol–water partition coefficient (Wildman–Crippen LogP) is 5.00. The number of ether oxygens (including phenoxy) is 2. The van der Waals surface area contributed by atoms with Crippen molar-refractivity contribution in [3.63, 3.8) is 0 Å². The molecular formula is C20H19ClF3N3O3S. The van der Waals surface area contributed by atoms with E-state index in [9.17, 15) is 18.0 Å². The average Bonchev–Trinajstić information content (AvgIpc) is 3.01. The Labute approximate surface area is 185 Å². The molecule has 0 radical (unpaired) electrons. The maximum atomic E-state index is 13.1. The highest BCUT2D eigenvalue weighted by molar-refractivity contribution is 7.99. The van der Waals surface area contributed by atoms with Crippen LogP contribution in [-0.2, 0) is 22.8 Å². The van der Waals surface area contributed by atoms with E-state index in [0.29, 0.717) is 15.7 Å². The number of amides is 1. The van der Waals surface area contributed by atoms with E-state index in [1.54, 1.807) is 19.2 Å². The van der Waals surface area contributed by atoms with Gasteiger partial charge in [-0.1, -0.05) is 23.4 Å². The number of rotatable bonds is 8. The number of methoxy groups -OCH3 is 1. The molecule has 1 N–H and O–H groups in total. The molecule has 0 unspecified atom stereocenters. The molecular weight excluding hydrogens is 455 g/mol. The van der Waals surface area contributed by atoms with Gasteiger partial charge < -0.3 is 19.4 Å². The van der Waals surface area contributed by atoms with Crippen LogP contribution in [0.1, 0.15) is 5.56 Å². The van der Waals surface area contributed by atoms with Crippen molar-refractivity contribution in [3.8, 4) is 5.75 Å². The Balaban J connectivity index is 1.73. The van der Waals surface area contributed by atoms with Crippen LogP contribution in [-0.4, -0.2) is 41.5 Å². The zero-order valence-electron chi connectivity index (χ0n) is 16.6. The normalized spacial score (nSPS) is 11.7. The van der Waals surface area contributed by atoms with E-state index in [-0.39, 0.29) is 30.4 Å². The van der Waals surface area contributed by atoms with Gasteiger partial charge in [-0.2, -0.15) is 13.2 Å². The average molecular weight is 474 g/mol. The molecule has 0 fully saturated rings. The molecule has 0 saturated carbocycles. The second-order valence-electron chi connectivity index (χ2n) is 6.47. The quantitative estimate of drug-likeness (QED) is 0.368. The van der Waals surface area contributed by atoms with Crippen LogP contribution in [0.15, 0.2) is 41.6 Å². The fraction of sp³-hybridized carbons (Fsp3) is 0.300. The van der Waals surface area contributed by atoms with Crippen LogP contribution >= 0.6 is 23.4 Å². The lowest BCUT2D eigenvalue weighted by atomic mass is 10.1. The molecule has 166 valence electrons. The van der Waals surface area contributed by atoms with Gasteiger partial charge >= 0.3 is 6.18 Å². The molecule has 0 saturated heterocycles. The zero-order valence-corrected chi connectivity index (χ0v) is 18.2. The minimum atomic E-state index is -4.55. The topological polar surface area (TPSA) is 65.4 Å². The summed E-state index contributed by atoms with van der Waals surface area (Å²) in [5, 5.41) is 3.62. The summed E-state index contributed by atoms with van der Waals surface area (Å²) in [6, 6.07) is 8.20. The van der Waals surface area contributed by atoms with Gasteiger partial charge in [0.15, 0.2) is 5.16 Å². The van der Waals surface area contributed by atoms with Gasteiger partial charge in [-0.25, -0.2) is 4.98 Å². The molecule has 3 rings (SSSR count). The molecule has 0 atom stereocenters. The molecule has 6 nitrogen and oxygen atoms in total. The van der Waals surface area contributed by atoms with Gasteiger partial charge in [0.2, 0.25) is 5.91 Å². The molecule has 11 heteroatoms. The second-order valence-corrected chi connectivity index (χ2v) is 7.85. The van der Waals surface area contributed by atoms with Crippen LogP contribution < -0.4 is 10.1 Å². The Bertz CT molecular complexity index is 1090. The highest BCUT2D eigenvalue weighted by Gasteiger charge is 2.31. The zero-order chi connectivity index (χ0) is 22.6. The molecule has 0 bridgehead atoms. The van der Waals surface area contributed by atoms with Crippen molar-refractivity contribution < 1.29 is 27.4 Å². The largest absolute Gasteiger partial charge is 0.489 e. The summed E-state index contributed by atoms with van der Waals surface area (Å²) in [5.41, 5.74) is 0.582. The van der Waals surface area contributed by atoms with Gasteiger partial charge in [-0.3, -0.25) is 4.79 Å². The molecule has 31 heavy (non-hydrogen) atoms. The summed E-state index contributed by atoms with van der Waals surface area (Å²) in [4.78, 5) is 16.9. The molecule has 0 aliphatic heterocycles. The number of anilines is 1. The number of hydrogen-bond donors (Lipinski definition) is 1. The number of halogens is 4. The number of hydrogen-bond acceptors (Lipinski definition) is 5. The van der Waals surface area contributed by atoms with Crippen molar-refractivity contribution in [1.29, 1.82) is 0 Å². The van der Waals surface area contributed by atoms with E-state index in [0.717, 1.165) is 29.4 Å². The van der Waals surface area contributed by atoms with Crippen molar-refractivity contribution >= 4 is 46.0 Å². The monoisotopic (exact) mass is 473 g/mol. The number of alkyl halides is 3. The Kier molecular flexibility index (Phi) is 7.34. The number of aryl methyl sites for hydroxylation is 1.